The van der Waals surface area contributed by atoms with E-state index in [2.05, 4.69) is 4.74 Å². The minimum absolute atomic E-state index is 0.369. The lowest BCUT2D eigenvalue weighted by Crippen LogP contribution is -2.00. The summed E-state index contributed by atoms with van der Waals surface area (Å²) in [6, 6.07) is 7.00. The van der Waals surface area contributed by atoms with Crippen molar-refractivity contribution in [3.8, 4) is 0 Å². The first-order valence-electron chi connectivity index (χ1n) is 4.49. The lowest BCUT2D eigenvalue weighted by molar-refractivity contribution is -0.135. The highest BCUT2D eigenvalue weighted by Crippen LogP contribution is 2.09. The lowest BCUT2D eigenvalue weighted by Gasteiger charge is -1.99. The van der Waals surface area contributed by atoms with Gasteiger partial charge in [0.05, 0.1) is 7.11 Å². The third-order valence-corrected chi connectivity index (χ3v) is 1.94. The van der Waals surface area contributed by atoms with Gasteiger partial charge in [0.1, 0.15) is 6.29 Å². The highest BCUT2D eigenvalue weighted by atomic mass is 16.5. The van der Waals surface area contributed by atoms with Crippen LogP contribution in [0, 0.1) is 0 Å². The van der Waals surface area contributed by atoms with Gasteiger partial charge in [0.25, 0.3) is 0 Å². The molecule has 3 heteroatoms. The Bertz CT molecular complexity index is 405. The molecule has 0 aromatic heterocycles. The van der Waals surface area contributed by atoms with Gasteiger partial charge >= 0.3 is 5.97 Å². The number of ether oxygens (including phenoxy) is 1. The molecule has 3 nitrogen and oxygen atoms in total. The molecule has 0 spiro atoms. The molecule has 0 radical (unpaired) electrons. The van der Waals surface area contributed by atoms with E-state index in [0.29, 0.717) is 11.1 Å². The number of hydrogen-bond acceptors (Lipinski definition) is 3. The van der Waals surface area contributed by atoms with Crippen molar-refractivity contribution in [2.75, 3.05) is 7.11 Å². The highest BCUT2D eigenvalue weighted by Gasteiger charge is 2.02. The van der Waals surface area contributed by atoms with E-state index in [4.69, 9.17) is 0 Å². The SMILES string of the molecule is COC(=O)/C(C)=C/c1cccc(C=O)c1. The molecule has 0 saturated heterocycles. The zero-order chi connectivity index (χ0) is 11.3. The maximum absolute atomic E-state index is 11.1. The van der Waals surface area contributed by atoms with Crippen LogP contribution in [0.25, 0.3) is 6.08 Å². The molecule has 1 rings (SSSR count). The molecule has 0 fully saturated rings. The lowest BCUT2D eigenvalue weighted by atomic mass is 10.1. The van der Waals surface area contributed by atoms with E-state index >= 15 is 0 Å². The molecule has 0 N–H and O–H groups in total. The van der Waals surface area contributed by atoms with Crippen molar-refractivity contribution in [3.63, 3.8) is 0 Å². The van der Waals surface area contributed by atoms with Crippen LogP contribution < -0.4 is 0 Å². The number of esters is 1. The fraction of sp³-hybridized carbons (Fsp3) is 0.167. The number of carbonyl (C=O) groups excluding carboxylic acids is 2. The first-order valence-corrected chi connectivity index (χ1v) is 4.49. The topological polar surface area (TPSA) is 43.4 Å². The summed E-state index contributed by atoms with van der Waals surface area (Å²) in [6.07, 6.45) is 2.45. The molecule has 15 heavy (non-hydrogen) atoms. The molecule has 0 amide bonds. The summed E-state index contributed by atoms with van der Waals surface area (Å²) in [6.45, 7) is 1.67. The van der Waals surface area contributed by atoms with Gasteiger partial charge in [-0.15, -0.1) is 0 Å². The third-order valence-electron chi connectivity index (χ3n) is 1.94. The Morgan fingerprint density at radius 3 is 2.60 bits per heavy atom. The summed E-state index contributed by atoms with van der Waals surface area (Å²) in [5.74, 6) is -0.369. The van der Waals surface area contributed by atoms with Crippen LogP contribution in [-0.2, 0) is 9.53 Å². The van der Waals surface area contributed by atoms with Gasteiger partial charge in [-0.1, -0.05) is 18.2 Å². The van der Waals surface area contributed by atoms with Gasteiger partial charge < -0.3 is 4.74 Å². The average molecular weight is 204 g/mol. The van der Waals surface area contributed by atoms with Crippen LogP contribution in [0.2, 0.25) is 0 Å². The van der Waals surface area contributed by atoms with Crippen molar-refractivity contribution < 1.29 is 14.3 Å². The van der Waals surface area contributed by atoms with E-state index in [-0.39, 0.29) is 5.97 Å². The van der Waals surface area contributed by atoms with Crippen molar-refractivity contribution in [2.45, 2.75) is 6.92 Å². The molecule has 0 saturated carbocycles. The summed E-state index contributed by atoms with van der Waals surface area (Å²) in [4.78, 5) is 21.6. The van der Waals surface area contributed by atoms with Crippen molar-refractivity contribution >= 4 is 18.3 Å². The molecule has 0 aliphatic heterocycles. The van der Waals surface area contributed by atoms with Crippen LogP contribution in [0.5, 0.6) is 0 Å². The Morgan fingerprint density at radius 1 is 1.33 bits per heavy atom. The second kappa shape index (κ2) is 5.10. The van der Waals surface area contributed by atoms with Gasteiger partial charge in [0, 0.05) is 11.1 Å². The predicted octanol–water partition coefficient (Wildman–Crippen LogP) is 2.08. The van der Waals surface area contributed by atoms with Crippen LogP contribution in [-0.4, -0.2) is 19.4 Å². The normalized spacial score (nSPS) is 10.9. The smallest absolute Gasteiger partial charge is 0.333 e. The monoisotopic (exact) mass is 204 g/mol. The van der Waals surface area contributed by atoms with Gasteiger partial charge in [-0.05, 0) is 24.6 Å². The van der Waals surface area contributed by atoms with E-state index in [1.807, 2.05) is 6.07 Å². The van der Waals surface area contributed by atoms with Crippen LogP contribution in [0.4, 0.5) is 0 Å². The Morgan fingerprint density at radius 2 is 2.00 bits per heavy atom. The van der Waals surface area contributed by atoms with Gasteiger partial charge in [-0.2, -0.15) is 0 Å². The molecule has 0 unspecified atom stereocenters. The van der Waals surface area contributed by atoms with Crippen molar-refractivity contribution in [2.24, 2.45) is 0 Å². The van der Waals surface area contributed by atoms with Crippen LogP contribution in [0.15, 0.2) is 29.8 Å². The zero-order valence-corrected chi connectivity index (χ0v) is 8.69. The second-order valence-corrected chi connectivity index (χ2v) is 3.11. The number of aldehydes is 1. The minimum atomic E-state index is -0.369. The Labute approximate surface area is 88.4 Å². The molecule has 0 aliphatic carbocycles. The fourth-order valence-electron chi connectivity index (χ4n) is 1.19. The standard InChI is InChI=1S/C12H12O3/c1-9(12(14)15-2)6-10-4-3-5-11(7-10)8-13/h3-8H,1-2H3/b9-6+. The maximum atomic E-state index is 11.1. The summed E-state index contributed by atoms with van der Waals surface area (Å²) in [5.41, 5.74) is 1.89. The zero-order valence-electron chi connectivity index (χ0n) is 8.69. The maximum Gasteiger partial charge on any atom is 0.333 e. The Kier molecular flexibility index (Phi) is 3.80. The molecule has 0 bridgehead atoms. The first-order chi connectivity index (χ1) is 7.17. The van der Waals surface area contributed by atoms with E-state index < -0.39 is 0 Å². The highest BCUT2D eigenvalue weighted by molar-refractivity contribution is 5.93. The van der Waals surface area contributed by atoms with Crippen LogP contribution >= 0.6 is 0 Å². The molecular formula is C12H12O3. The van der Waals surface area contributed by atoms with Gasteiger partial charge in [0.15, 0.2) is 0 Å². The number of methoxy groups -OCH3 is 1. The Balaban J connectivity index is 2.97. The molecule has 0 heterocycles. The van der Waals surface area contributed by atoms with Gasteiger partial charge in [-0.25, -0.2) is 4.79 Å². The van der Waals surface area contributed by atoms with Crippen molar-refractivity contribution in [1.82, 2.24) is 0 Å². The third kappa shape index (κ3) is 3.06. The fourth-order valence-corrected chi connectivity index (χ4v) is 1.19. The first kappa shape index (κ1) is 11.2. The molecule has 0 atom stereocenters. The summed E-state index contributed by atoms with van der Waals surface area (Å²) in [7, 11) is 1.33. The van der Waals surface area contributed by atoms with Gasteiger partial charge in [-0.3, -0.25) is 4.79 Å². The number of hydrogen-bond donors (Lipinski definition) is 0. The molecule has 0 aliphatic rings. The average Bonchev–Trinajstić information content (AvgIpc) is 2.28. The van der Waals surface area contributed by atoms with Crippen molar-refractivity contribution in [3.05, 3.63) is 41.0 Å². The molecule has 1 aromatic rings. The molecule has 78 valence electrons. The second-order valence-electron chi connectivity index (χ2n) is 3.11. The summed E-state index contributed by atoms with van der Waals surface area (Å²) in [5, 5.41) is 0. The van der Waals surface area contributed by atoms with Crippen LogP contribution in [0.3, 0.4) is 0 Å². The quantitative estimate of drug-likeness (QED) is 0.430. The molecule has 1 aromatic carbocycles. The summed E-state index contributed by atoms with van der Waals surface area (Å²) >= 11 is 0. The molecular weight excluding hydrogens is 192 g/mol. The number of benzene rings is 1. The summed E-state index contributed by atoms with van der Waals surface area (Å²) < 4.78 is 4.56. The van der Waals surface area contributed by atoms with E-state index in [9.17, 15) is 9.59 Å². The van der Waals surface area contributed by atoms with Crippen LogP contribution in [0.1, 0.15) is 22.8 Å². The van der Waals surface area contributed by atoms with E-state index in [0.717, 1.165) is 11.8 Å². The predicted molar refractivity (Wildman–Crippen MR) is 57.5 cm³/mol. The number of carbonyl (C=O) groups is 2. The van der Waals surface area contributed by atoms with E-state index in [1.165, 1.54) is 7.11 Å². The minimum Gasteiger partial charge on any atom is -0.466 e. The van der Waals surface area contributed by atoms with E-state index in [1.54, 1.807) is 31.2 Å². The van der Waals surface area contributed by atoms with Gasteiger partial charge in [0.2, 0.25) is 0 Å². The largest absolute Gasteiger partial charge is 0.466 e. The Hall–Kier alpha value is -1.90. The number of rotatable bonds is 3. The van der Waals surface area contributed by atoms with Crippen molar-refractivity contribution in [1.29, 1.82) is 0 Å².